The molecule has 20 heavy (non-hydrogen) atoms. The summed E-state index contributed by atoms with van der Waals surface area (Å²) in [6, 6.07) is 20.2. The van der Waals surface area contributed by atoms with Crippen LogP contribution >= 0.6 is 11.3 Å². The second kappa shape index (κ2) is 5.31. The monoisotopic (exact) mass is 280 g/mol. The lowest BCUT2D eigenvalue weighted by Crippen LogP contribution is -1.97. The molecule has 1 N–H and O–H groups in total. The summed E-state index contributed by atoms with van der Waals surface area (Å²) in [6.07, 6.45) is 0. The van der Waals surface area contributed by atoms with Crippen molar-refractivity contribution in [1.82, 2.24) is 0 Å². The SMILES string of the molecule is O=C(c1cccc(O)c1)c1ccc(-c2ccccc2)s1. The van der Waals surface area contributed by atoms with Gasteiger partial charge >= 0.3 is 0 Å². The Morgan fingerprint density at radius 3 is 2.45 bits per heavy atom. The van der Waals surface area contributed by atoms with Gasteiger partial charge in [0.05, 0.1) is 4.88 Å². The minimum atomic E-state index is -0.0620. The maximum atomic E-state index is 12.3. The first-order valence-corrected chi connectivity index (χ1v) is 7.05. The molecule has 0 bridgehead atoms. The van der Waals surface area contributed by atoms with E-state index in [0.717, 1.165) is 10.4 Å². The normalized spacial score (nSPS) is 10.4. The van der Waals surface area contributed by atoms with Crippen molar-refractivity contribution in [2.24, 2.45) is 0 Å². The third-order valence-electron chi connectivity index (χ3n) is 3.00. The maximum Gasteiger partial charge on any atom is 0.203 e. The lowest BCUT2D eigenvalue weighted by molar-refractivity contribution is 0.104. The fourth-order valence-corrected chi connectivity index (χ4v) is 2.98. The molecule has 0 amide bonds. The molecule has 0 aliphatic heterocycles. The standard InChI is InChI=1S/C17H12O2S/c18-14-8-4-7-13(11-14)17(19)16-10-9-15(20-16)12-5-2-1-3-6-12/h1-11,18H. The third kappa shape index (κ3) is 2.49. The summed E-state index contributed by atoms with van der Waals surface area (Å²) in [6.45, 7) is 0. The van der Waals surface area contributed by atoms with Gasteiger partial charge in [-0.15, -0.1) is 11.3 Å². The van der Waals surface area contributed by atoms with E-state index in [4.69, 9.17) is 0 Å². The van der Waals surface area contributed by atoms with E-state index in [0.29, 0.717) is 10.4 Å². The van der Waals surface area contributed by atoms with Gasteiger partial charge in [-0.25, -0.2) is 0 Å². The van der Waals surface area contributed by atoms with Crippen LogP contribution in [0.15, 0.2) is 66.7 Å². The van der Waals surface area contributed by atoms with Crippen LogP contribution in [-0.4, -0.2) is 10.9 Å². The topological polar surface area (TPSA) is 37.3 Å². The van der Waals surface area contributed by atoms with Crippen molar-refractivity contribution in [3.8, 4) is 16.2 Å². The molecule has 0 saturated carbocycles. The number of rotatable bonds is 3. The molecule has 3 rings (SSSR count). The molecule has 0 aliphatic rings. The van der Waals surface area contributed by atoms with Crippen molar-refractivity contribution >= 4 is 17.1 Å². The zero-order valence-corrected chi connectivity index (χ0v) is 11.4. The average molecular weight is 280 g/mol. The molecular formula is C17H12O2S. The predicted octanol–water partition coefficient (Wildman–Crippen LogP) is 4.35. The van der Waals surface area contributed by atoms with Crippen molar-refractivity contribution in [2.45, 2.75) is 0 Å². The van der Waals surface area contributed by atoms with Gasteiger partial charge in [-0.2, -0.15) is 0 Å². The number of hydrogen-bond donors (Lipinski definition) is 1. The summed E-state index contributed by atoms with van der Waals surface area (Å²) in [5, 5.41) is 9.44. The molecule has 0 aliphatic carbocycles. The minimum Gasteiger partial charge on any atom is -0.508 e. The minimum absolute atomic E-state index is 0.0620. The van der Waals surface area contributed by atoms with Crippen LogP contribution in [0.25, 0.3) is 10.4 Å². The Hall–Kier alpha value is -2.39. The first-order chi connectivity index (χ1) is 9.74. The lowest BCUT2D eigenvalue weighted by atomic mass is 10.1. The molecule has 1 heterocycles. The van der Waals surface area contributed by atoms with Crippen molar-refractivity contribution < 1.29 is 9.90 Å². The molecule has 2 aromatic carbocycles. The van der Waals surface area contributed by atoms with Crippen molar-refractivity contribution in [2.75, 3.05) is 0 Å². The largest absolute Gasteiger partial charge is 0.508 e. The number of carbonyl (C=O) groups excluding carboxylic acids is 1. The van der Waals surface area contributed by atoms with E-state index >= 15 is 0 Å². The summed E-state index contributed by atoms with van der Waals surface area (Å²) < 4.78 is 0. The molecule has 0 atom stereocenters. The average Bonchev–Trinajstić information content (AvgIpc) is 2.97. The van der Waals surface area contributed by atoms with Crippen LogP contribution < -0.4 is 0 Å². The zero-order chi connectivity index (χ0) is 13.9. The van der Waals surface area contributed by atoms with Crippen LogP contribution in [0.4, 0.5) is 0 Å². The van der Waals surface area contributed by atoms with Crippen LogP contribution in [-0.2, 0) is 0 Å². The Morgan fingerprint density at radius 2 is 1.70 bits per heavy atom. The first-order valence-electron chi connectivity index (χ1n) is 6.23. The van der Waals surface area contributed by atoms with E-state index in [2.05, 4.69) is 0 Å². The second-order valence-corrected chi connectivity index (χ2v) is 5.49. The predicted molar refractivity (Wildman–Crippen MR) is 81.3 cm³/mol. The van der Waals surface area contributed by atoms with Gasteiger partial charge in [0, 0.05) is 10.4 Å². The highest BCUT2D eigenvalue weighted by Gasteiger charge is 2.12. The van der Waals surface area contributed by atoms with E-state index < -0.39 is 0 Å². The molecule has 0 saturated heterocycles. The fourth-order valence-electron chi connectivity index (χ4n) is 2.01. The van der Waals surface area contributed by atoms with Crippen molar-refractivity contribution in [3.05, 3.63) is 77.2 Å². The van der Waals surface area contributed by atoms with Gasteiger partial charge in [-0.1, -0.05) is 42.5 Å². The smallest absolute Gasteiger partial charge is 0.203 e. The number of ketones is 1. The quantitative estimate of drug-likeness (QED) is 0.724. The molecule has 1 aromatic heterocycles. The summed E-state index contributed by atoms with van der Waals surface area (Å²) >= 11 is 1.46. The number of thiophene rings is 1. The first kappa shape index (κ1) is 12.6. The number of hydrogen-bond acceptors (Lipinski definition) is 3. The molecule has 0 unspecified atom stereocenters. The van der Waals surface area contributed by atoms with Crippen LogP contribution in [0.3, 0.4) is 0 Å². The van der Waals surface area contributed by atoms with E-state index in [1.54, 1.807) is 18.2 Å². The van der Waals surface area contributed by atoms with Crippen LogP contribution in [0.5, 0.6) is 5.75 Å². The van der Waals surface area contributed by atoms with Gasteiger partial charge in [0.15, 0.2) is 0 Å². The van der Waals surface area contributed by atoms with E-state index in [9.17, 15) is 9.90 Å². The maximum absolute atomic E-state index is 12.3. The molecule has 2 nitrogen and oxygen atoms in total. The highest BCUT2D eigenvalue weighted by atomic mass is 32.1. The van der Waals surface area contributed by atoms with Crippen molar-refractivity contribution in [3.63, 3.8) is 0 Å². The number of aromatic hydroxyl groups is 1. The Labute approximate surface area is 121 Å². The second-order valence-electron chi connectivity index (χ2n) is 4.41. The molecular weight excluding hydrogens is 268 g/mol. The summed E-state index contributed by atoms with van der Waals surface area (Å²) in [5.74, 6) is 0.0452. The van der Waals surface area contributed by atoms with Crippen LogP contribution in [0.1, 0.15) is 15.2 Å². The zero-order valence-electron chi connectivity index (χ0n) is 10.6. The number of benzene rings is 2. The highest BCUT2D eigenvalue weighted by Crippen LogP contribution is 2.29. The molecule has 0 radical (unpaired) electrons. The number of phenols is 1. The highest BCUT2D eigenvalue weighted by molar-refractivity contribution is 7.17. The fraction of sp³-hybridized carbons (Fsp3) is 0. The molecule has 98 valence electrons. The van der Waals surface area contributed by atoms with Gasteiger partial charge in [0.2, 0.25) is 5.78 Å². The van der Waals surface area contributed by atoms with Crippen molar-refractivity contribution in [1.29, 1.82) is 0 Å². The Kier molecular flexibility index (Phi) is 3.35. The molecule has 3 heteroatoms. The van der Waals surface area contributed by atoms with Crippen LogP contribution in [0.2, 0.25) is 0 Å². The summed E-state index contributed by atoms with van der Waals surface area (Å²) in [7, 11) is 0. The summed E-state index contributed by atoms with van der Waals surface area (Å²) in [5.41, 5.74) is 1.61. The Morgan fingerprint density at radius 1 is 0.900 bits per heavy atom. The van der Waals surface area contributed by atoms with Gasteiger partial charge in [0.1, 0.15) is 5.75 Å². The third-order valence-corrected chi connectivity index (χ3v) is 4.13. The lowest BCUT2D eigenvalue weighted by Gasteiger charge is -1.99. The summed E-state index contributed by atoms with van der Waals surface area (Å²) in [4.78, 5) is 14.1. The van der Waals surface area contributed by atoms with Gasteiger partial charge in [0.25, 0.3) is 0 Å². The Bertz CT molecular complexity index is 744. The molecule has 0 fully saturated rings. The van der Waals surface area contributed by atoms with E-state index in [1.165, 1.54) is 17.4 Å². The van der Waals surface area contributed by atoms with Gasteiger partial charge < -0.3 is 5.11 Å². The molecule has 3 aromatic rings. The van der Waals surface area contributed by atoms with E-state index in [-0.39, 0.29) is 11.5 Å². The van der Waals surface area contributed by atoms with Gasteiger partial charge in [-0.05, 0) is 29.8 Å². The van der Waals surface area contributed by atoms with E-state index in [1.807, 2.05) is 42.5 Å². The Balaban J connectivity index is 1.93. The molecule has 0 spiro atoms. The van der Waals surface area contributed by atoms with Crippen LogP contribution in [0, 0.1) is 0 Å². The number of phenolic OH excluding ortho intramolecular Hbond substituents is 1. The van der Waals surface area contributed by atoms with Gasteiger partial charge in [-0.3, -0.25) is 4.79 Å². The number of carbonyl (C=O) groups is 1.